The molecule has 2 unspecified atom stereocenters. The molecule has 3 aromatic carbocycles. The highest BCUT2D eigenvalue weighted by molar-refractivity contribution is 6.31. The molecule has 2 atom stereocenters. The zero-order chi connectivity index (χ0) is 28.5. The minimum Gasteiger partial charge on any atom is -0.478 e. The lowest BCUT2D eigenvalue weighted by Gasteiger charge is -2.37. The smallest absolute Gasteiger partial charge is 0.422 e. The van der Waals surface area contributed by atoms with Gasteiger partial charge in [0, 0.05) is 22.7 Å². The zero-order valence-electron chi connectivity index (χ0n) is 20.3. The number of hydrogen-bond acceptors (Lipinski definition) is 4. The molecular formula is C29H21ClF3NO5. The summed E-state index contributed by atoms with van der Waals surface area (Å²) in [6.07, 6.45) is -3.96. The van der Waals surface area contributed by atoms with E-state index in [2.05, 4.69) is 4.98 Å². The summed E-state index contributed by atoms with van der Waals surface area (Å²) < 4.78 is 43.7. The molecule has 1 aromatic heterocycles. The number of carboxylic acid groups (broad SMARTS) is 2. The number of pyridine rings is 1. The van der Waals surface area contributed by atoms with Gasteiger partial charge in [0.15, 0.2) is 5.60 Å². The van der Waals surface area contributed by atoms with Crippen LogP contribution in [-0.4, -0.2) is 38.4 Å². The Kier molecular flexibility index (Phi) is 7.50. The van der Waals surface area contributed by atoms with E-state index in [0.29, 0.717) is 16.7 Å². The number of aromatic carboxylic acids is 2. The van der Waals surface area contributed by atoms with Gasteiger partial charge < -0.3 is 15.3 Å². The van der Waals surface area contributed by atoms with Crippen molar-refractivity contribution in [3.8, 4) is 22.4 Å². The lowest BCUT2D eigenvalue weighted by molar-refractivity contribution is -0.274. The van der Waals surface area contributed by atoms with Crippen molar-refractivity contribution >= 4 is 23.5 Å². The largest absolute Gasteiger partial charge is 0.478 e. The number of rotatable bonds is 7. The Balaban J connectivity index is 1.73. The fourth-order valence-electron chi connectivity index (χ4n) is 4.36. The number of aromatic nitrogens is 1. The third-order valence-electron chi connectivity index (χ3n) is 6.62. The molecule has 0 aliphatic rings. The highest BCUT2D eigenvalue weighted by atomic mass is 35.5. The highest BCUT2D eigenvalue weighted by Crippen LogP contribution is 2.50. The maximum absolute atomic E-state index is 14.6. The Labute approximate surface area is 226 Å². The first-order valence-corrected chi connectivity index (χ1v) is 11.9. The van der Waals surface area contributed by atoms with Gasteiger partial charge in [0.2, 0.25) is 0 Å². The molecule has 0 bridgehead atoms. The number of alkyl halides is 3. The molecule has 10 heteroatoms. The predicted molar refractivity (Wildman–Crippen MR) is 139 cm³/mol. The second-order valence-corrected chi connectivity index (χ2v) is 9.32. The minimum absolute atomic E-state index is 0.00578. The zero-order valence-corrected chi connectivity index (χ0v) is 21.0. The summed E-state index contributed by atoms with van der Waals surface area (Å²) in [5.74, 6) is -3.78. The molecule has 4 rings (SSSR count). The van der Waals surface area contributed by atoms with Gasteiger partial charge in [0.25, 0.3) is 0 Å². The fourth-order valence-corrected chi connectivity index (χ4v) is 4.70. The van der Waals surface area contributed by atoms with Gasteiger partial charge in [-0.25, -0.2) is 9.59 Å². The van der Waals surface area contributed by atoms with Crippen LogP contribution < -0.4 is 0 Å². The van der Waals surface area contributed by atoms with Crippen molar-refractivity contribution in [3.05, 3.63) is 112 Å². The van der Waals surface area contributed by atoms with Gasteiger partial charge in [0.05, 0.1) is 16.8 Å². The number of benzene rings is 3. The Morgan fingerprint density at radius 2 is 1.31 bits per heavy atom. The lowest BCUT2D eigenvalue weighted by Crippen LogP contribution is -2.46. The summed E-state index contributed by atoms with van der Waals surface area (Å²) in [6.45, 7) is 1.22. The topological polar surface area (TPSA) is 108 Å². The van der Waals surface area contributed by atoms with Crippen molar-refractivity contribution in [1.29, 1.82) is 0 Å². The van der Waals surface area contributed by atoms with Crippen LogP contribution in [-0.2, 0) is 5.60 Å². The van der Waals surface area contributed by atoms with Crippen LogP contribution in [0.5, 0.6) is 0 Å². The van der Waals surface area contributed by atoms with Gasteiger partial charge in [-0.1, -0.05) is 54.9 Å². The SMILES string of the molecule is CC(c1ccc(-c2ccc(C(=O)O)cc2)cc1Cl)C(O)(c1ccnc(-c2ccc(C(=O)O)cc2)c1)C(F)(F)F. The number of hydrogen-bond donors (Lipinski definition) is 3. The second kappa shape index (κ2) is 10.5. The molecule has 200 valence electrons. The molecule has 0 aliphatic carbocycles. The molecule has 3 N–H and O–H groups in total. The van der Waals surface area contributed by atoms with Crippen LogP contribution in [0.2, 0.25) is 5.02 Å². The number of carboxylic acids is 2. The van der Waals surface area contributed by atoms with Crippen LogP contribution in [0.25, 0.3) is 22.4 Å². The molecule has 0 radical (unpaired) electrons. The van der Waals surface area contributed by atoms with E-state index >= 15 is 0 Å². The van der Waals surface area contributed by atoms with Crippen molar-refractivity contribution < 1.29 is 38.1 Å². The molecule has 0 amide bonds. The maximum Gasteiger partial charge on any atom is 0.422 e. The van der Waals surface area contributed by atoms with E-state index in [9.17, 15) is 27.9 Å². The van der Waals surface area contributed by atoms with E-state index in [1.165, 1.54) is 55.5 Å². The van der Waals surface area contributed by atoms with E-state index in [4.69, 9.17) is 21.8 Å². The summed E-state index contributed by atoms with van der Waals surface area (Å²) in [4.78, 5) is 26.3. The summed E-state index contributed by atoms with van der Waals surface area (Å²) >= 11 is 6.43. The van der Waals surface area contributed by atoms with Gasteiger partial charge in [-0.3, -0.25) is 4.98 Å². The molecule has 1 heterocycles. The molecule has 39 heavy (non-hydrogen) atoms. The average Bonchev–Trinajstić information content (AvgIpc) is 2.91. The number of carbonyl (C=O) groups is 2. The van der Waals surface area contributed by atoms with Crippen molar-refractivity contribution in [2.24, 2.45) is 0 Å². The van der Waals surface area contributed by atoms with E-state index < -0.39 is 35.2 Å². The predicted octanol–water partition coefficient (Wildman–Crippen LogP) is 7.02. The van der Waals surface area contributed by atoms with Crippen LogP contribution in [0.15, 0.2) is 85.1 Å². The first kappa shape index (κ1) is 27.8. The second-order valence-electron chi connectivity index (χ2n) is 8.92. The lowest BCUT2D eigenvalue weighted by atomic mass is 9.77. The Bertz CT molecular complexity index is 1540. The molecule has 6 nitrogen and oxygen atoms in total. The van der Waals surface area contributed by atoms with Crippen molar-refractivity contribution in [1.82, 2.24) is 4.98 Å². The third kappa shape index (κ3) is 5.36. The molecular weight excluding hydrogens is 535 g/mol. The van der Waals surface area contributed by atoms with Gasteiger partial charge in [0.1, 0.15) is 0 Å². The molecule has 0 saturated carbocycles. The third-order valence-corrected chi connectivity index (χ3v) is 6.95. The molecule has 0 fully saturated rings. The van der Waals surface area contributed by atoms with Gasteiger partial charge in [-0.2, -0.15) is 13.2 Å². The van der Waals surface area contributed by atoms with Crippen LogP contribution in [0.3, 0.4) is 0 Å². The maximum atomic E-state index is 14.6. The monoisotopic (exact) mass is 555 g/mol. The van der Waals surface area contributed by atoms with Crippen LogP contribution in [0, 0.1) is 0 Å². The Hall–Kier alpha value is -4.21. The highest BCUT2D eigenvalue weighted by Gasteiger charge is 2.59. The van der Waals surface area contributed by atoms with Crippen molar-refractivity contribution in [2.45, 2.75) is 24.6 Å². The standard InChI is InChI=1S/C29H21ClF3NO5/c1-16(23-11-10-21(14-24(23)30)17-2-6-19(7-3-17)26(35)36)28(39,29(31,32)33)22-12-13-34-25(15-22)18-4-8-20(9-5-18)27(37)38/h2-16,39H,1H3,(H,35,36)(H,37,38). The van der Waals surface area contributed by atoms with Gasteiger partial charge >= 0.3 is 18.1 Å². The summed E-state index contributed by atoms with van der Waals surface area (Å²) in [6, 6.07) is 18.0. The molecule has 0 aliphatic heterocycles. The number of halogens is 4. The first-order chi connectivity index (χ1) is 18.3. The summed E-state index contributed by atoms with van der Waals surface area (Å²) in [5, 5.41) is 29.4. The van der Waals surface area contributed by atoms with Crippen LogP contribution >= 0.6 is 11.6 Å². The number of nitrogens with zero attached hydrogens (tertiary/aromatic N) is 1. The van der Waals surface area contributed by atoms with E-state index in [-0.39, 0.29) is 27.4 Å². The van der Waals surface area contributed by atoms with E-state index in [1.54, 1.807) is 18.2 Å². The van der Waals surface area contributed by atoms with Gasteiger partial charge in [-0.05, 0) is 64.7 Å². The van der Waals surface area contributed by atoms with Crippen molar-refractivity contribution in [3.63, 3.8) is 0 Å². The van der Waals surface area contributed by atoms with Crippen LogP contribution in [0.4, 0.5) is 13.2 Å². The fraction of sp³-hybridized carbons (Fsp3) is 0.138. The minimum atomic E-state index is -5.10. The van der Waals surface area contributed by atoms with Crippen LogP contribution in [0.1, 0.15) is 44.7 Å². The van der Waals surface area contributed by atoms with E-state index in [0.717, 1.165) is 18.3 Å². The first-order valence-electron chi connectivity index (χ1n) is 11.6. The quantitative estimate of drug-likeness (QED) is 0.226. The Morgan fingerprint density at radius 3 is 1.79 bits per heavy atom. The summed E-state index contributed by atoms with van der Waals surface area (Å²) in [7, 11) is 0. The normalized spacial score (nSPS) is 13.9. The molecule has 0 saturated heterocycles. The van der Waals surface area contributed by atoms with Gasteiger partial charge in [-0.15, -0.1) is 0 Å². The van der Waals surface area contributed by atoms with Crippen molar-refractivity contribution in [2.75, 3.05) is 0 Å². The summed E-state index contributed by atoms with van der Waals surface area (Å²) in [5.41, 5.74) is -2.02. The van der Waals surface area contributed by atoms with E-state index in [1.807, 2.05) is 0 Å². The number of aliphatic hydroxyl groups is 1. The average molecular weight is 556 g/mol. The molecule has 4 aromatic rings. The molecule has 0 spiro atoms. The Morgan fingerprint density at radius 1 is 0.795 bits per heavy atom.